The Morgan fingerprint density at radius 2 is 1.74 bits per heavy atom. The Morgan fingerprint density at radius 3 is 2.33 bits per heavy atom. The van der Waals surface area contributed by atoms with Gasteiger partial charge in [-0.1, -0.05) is 17.7 Å². The number of amides is 2. The lowest BCUT2D eigenvalue weighted by atomic mass is 10.1. The van der Waals surface area contributed by atoms with E-state index in [1.165, 1.54) is 18.0 Å². The summed E-state index contributed by atoms with van der Waals surface area (Å²) in [6, 6.07) is 13.9. The SMILES string of the molecule is CC(=O)c1ccc(N=C[C@H]2C(=O)NC(=S)N(c3ccc(C)cc3)C2=O)cc1. The summed E-state index contributed by atoms with van der Waals surface area (Å²) >= 11 is 5.16. The third-order valence-electron chi connectivity index (χ3n) is 4.14. The molecule has 0 unspecified atom stereocenters. The number of Topliss-reactive ketones (excluding diaryl/α,β-unsaturated/α-hetero) is 1. The second-order valence-electron chi connectivity index (χ2n) is 6.16. The Balaban J connectivity index is 1.84. The average Bonchev–Trinajstić information content (AvgIpc) is 2.63. The van der Waals surface area contributed by atoms with E-state index < -0.39 is 17.7 Å². The van der Waals surface area contributed by atoms with Gasteiger partial charge in [0.2, 0.25) is 5.91 Å². The number of carbonyl (C=O) groups is 3. The summed E-state index contributed by atoms with van der Waals surface area (Å²) in [7, 11) is 0. The molecule has 1 saturated heterocycles. The highest BCUT2D eigenvalue weighted by Crippen LogP contribution is 2.21. The van der Waals surface area contributed by atoms with Crippen LogP contribution in [0.15, 0.2) is 53.5 Å². The number of anilines is 1. The van der Waals surface area contributed by atoms with Crippen LogP contribution in [0.2, 0.25) is 0 Å². The predicted molar refractivity (Wildman–Crippen MR) is 107 cm³/mol. The molecule has 0 spiro atoms. The molecule has 2 aromatic carbocycles. The van der Waals surface area contributed by atoms with Crippen molar-refractivity contribution in [3.05, 3.63) is 59.7 Å². The normalized spacial score (nSPS) is 17.3. The van der Waals surface area contributed by atoms with Gasteiger partial charge in [-0.15, -0.1) is 0 Å². The molecule has 1 fully saturated rings. The number of hydrogen-bond donors (Lipinski definition) is 1. The quantitative estimate of drug-likeness (QED) is 0.383. The molecule has 2 aromatic rings. The molecule has 2 amide bonds. The van der Waals surface area contributed by atoms with Crippen LogP contribution in [0.3, 0.4) is 0 Å². The minimum absolute atomic E-state index is 0.0457. The molecular formula is C20H17N3O3S. The van der Waals surface area contributed by atoms with Crippen molar-refractivity contribution >= 4 is 52.5 Å². The highest BCUT2D eigenvalue weighted by molar-refractivity contribution is 7.80. The van der Waals surface area contributed by atoms with Crippen LogP contribution in [-0.2, 0) is 9.59 Å². The fourth-order valence-electron chi connectivity index (χ4n) is 2.60. The molecule has 6 nitrogen and oxygen atoms in total. The first-order valence-corrected chi connectivity index (χ1v) is 8.68. The van der Waals surface area contributed by atoms with Gasteiger partial charge in [0.15, 0.2) is 16.8 Å². The zero-order valence-electron chi connectivity index (χ0n) is 14.8. The maximum absolute atomic E-state index is 12.8. The van der Waals surface area contributed by atoms with Gasteiger partial charge in [-0.2, -0.15) is 0 Å². The lowest BCUT2D eigenvalue weighted by molar-refractivity contribution is -0.130. The van der Waals surface area contributed by atoms with Gasteiger partial charge in [0, 0.05) is 11.8 Å². The van der Waals surface area contributed by atoms with Gasteiger partial charge in [0.1, 0.15) is 0 Å². The Bertz CT molecular complexity index is 949. The number of rotatable bonds is 4. The second kappa shape index (κ2) is 7.59. The number of hydrogen-bond acceptors (Lipinski definition) is 5. The standard InChI is InChI=1S/C20H17N3O3S/c1-12-3-9-16(10-4-12)23-19(26)17(18(25)22-20(23)27)11-21-15-7-5-14(6-8-15)13(2)24/h3-11,17H,1-2H3,(H,22,25,27)/t17-/m0/s1. The number of carbonyl (C=O) groups excluding carboxylic acids is 3. The summed E-state index contributed by atoms with van der Waals surface area (Å²) in [4.78, 5) is 41.9. The second-order valence-corrected chi connectivity index (χ2v) is 6.55. The van der Waals surface area contributed by atoms with Crippen LogP contribution in [-0.4, -0.2) is 28.9 Å². The highest BCUT2D eigenvalue weighted by atomic mass is 32.1. The molecule has 7 heteroatoms. The zero-order valence-corrected chi connectivity index (χ0v) is 15.6. The summed E-state index contributed by atoms with van der Waals surface area (Å²) < 4.78 is 0. The van der Waals surface area contributed by atoms with Crippen LogP contribution in [0.5, 0.6) is 0 Å². The lowest BCUT2D eigenvalue weighted by Crippen LogP contribution is -2.58. The van der Waals surface area contributed by atoms with Crippen molar-refractivity contribution in [3.63, 3.8) is 0 Å². The smallest absolute Gasteiger partial charge is 0.251 e. The topological polar surface area (TPSA) is 78.8 Å². The van der Waals surface area contributed by atoms with Crippen molar-refractivity contribution in [3.8, 4) is 0 Å². The Kier molecular flexibility index (Phi) is 5.23. The molecule has 1 heterocycles. The number of nitrogens with one attached hydrogen (secondary N) is 1. The first kappa shape index (κ1) is 18.6. The number of ketones is 1. The van der Waals surface area contributed by atoms with Gasteiger partial charge < -0.3 is 5.32 Å². The molecule has 0 aliphatic carbocycles. The van der Waals surface area contributed by atoms with Gasteiger partial charge in [-0.25, -0.2) is 0 Å². The van der Waals surface area contributed by atoms with E-state index in [0.29, 0.717) is 16.9 Å². The Hall–Kier alpha value is -3.19. The summed E-state index contributed by atoms with van der Waals surface area (Å²) in [5.41, 5.74) is 2.73. The average molecular weight is 379 g/mol. The van der Waals surface area contributed by atoms with E-state index in [0.717, 1.165) is 5.56 Å². The number of aliphatic imine (C=N–C) groups is 1. The molecular weight excluding hydrogens is 362 g/mol. The van der Waals surface area contributed by atoms with Crippen LogP contribution < -0.4 is 10.2 Å². The molecule has 136 valence electrons. The van der Waals surface area contributed by atoms with Crippen molar-refractivity contribution in [1.29, 1.82) is 0 Å². The molecule has 0 bridgehead atoms. The Labute approximate surface area is 161 Å². The van der Waals surface area contributed by atoms with E-state index in [9.17, 15) is 14.4 Å². The highest BCUT2D eigenvalue weighted by Gasteiger charge is 2.38. The third kappa shape index (κ3) is 3.98. The van der Waals surface area contributed by atoms with Crippen molar-refractivity contribution in [1.82, 2.24) is 5.32 Å². The summed E-state index contributed by atoms with van der Waals surface area (Å²) in [6.07, 6.45) is 1.30. The van der Waals surface area contributed by atoms with E-state index in [-0.39, 0.29) is 10.9 Å². The van der Waals surface area contributed by atoms with Crippen molar-refractivity contribution in [2.24, 2.45) is 10.9 Å². The minimum Gasteiger partial charge on any atom is -0.301 e. The van der Waals surface area contributed by atoms with E-state index >= 15 is 0 Å². The summed E-state index contributed by atoms with van der Waals surface area (Å²) in [5.74, 6) is -2.12. The number of thiocarbonyl (C=S) groups is 1. The minimum atomic E-state index is -1.09. The summed E-state index contributed by atoms with van der Waals surface area (Å²) in [5, 5.41) is 2.59. The van der Waals surface area contributed by atoms with E-state index in [4.69, 9.17) is 12.2 Å². The van der Waals surface area contributed by atoms with Crippen molar-refractivity contribution in [2.45, 2.75) is 13.8 Å². The molecule has 3 rings (SSSR count). The number of nitrogens with zero attached hydrogens (tertiary/aromatic N) is 2. The fourth-order valence-corrected chi connectivity index (χ4v) is 2.90. The predicted octanol–water partition coefficient (Wildman–Crippen LogP) is 2.96. The van der Waals surface area contributed by atoms with Crippen molar-refractivity contribution < 1.29 is 14.4 Å². The zero-order chi connectivity index (χ0) is 19.6. The van der Waals surface area contributed by atoms with Gasteiger partial charge in [-0.05, 0) is 62.5 Å². The lowest BCUT2D eigenvalue weighted by Gasteiger charge is -2.30. The molecule has 0 radical (unpaired) electrons. The van der Waals surface area contributed by atoms with Gasteiger partial charge >= 0.3 is 0 Å². The molecule has 27 heavy (non-hydrogen) atoms. The van der Waals surface area contributed by atoms with E-state index in [2.05, 4.69) is 10.3 Å². The molecule has 1 N–H and O–H groups in total. The maximum Gasteiger partial charge on any atom is 0.251 e. The maximum atomic E-state index is 12.8. The summed E-state index contributed by atoms with van der Waals surface area (Å²) in [6.45, 7) is 3.42. The van der Waals surface area contributed by atoms with Gasteiger partial charge in [0.05, 0.1) is 11.4 Å². The fraction of sp³-hybridized carbons (Fsp3) is 0.150. The monoisotopic (exact) mass is 379 g/mol. The van der Waals surface area contributed by atoms with E-state index in [1.807, 2.05) is 19.1 Å². The van der Waals surface area contributed by atoms with Crippen molar-refractivity contribution in [2.75, 3.05) is 4.90 Å². The molecule has 1 aliphatic rings. The molecule has 0 saturated carbocycles. The first-order valence-electron chi connectivity index (χ1n) is 8.27. The largest absolute Gasteiger partial charge is 0.301 e. The molecule has 1 atom stereocenters. The van der Waals surface area contributed by atoms with Crippen LogP contribution in [0.4, 0.5) is 11.4 Å². The van der Waals surface area contributed by atoms with Gasteiger partial charge in [0.25, 0.3) is 5.91 Å². The van der Waals surface area contributed by atoms with Crippen LogP contribution in [0.25, 0.3) is 0 Å². The first-order chi connectivity index (χ1) is 12.9. The van der Waals surface area contributed by atoms with Crippen LogP contribution >= 0.6 is 12.2 Å². The number of aryl methyl sites for hydroxylation is 1. The van der Waals surface area contributed by atoms with Crippen LogP contribution in [0, 0.1) is 12.8 Å². The number of benzene rings is 2. The van der Waals surface area contributed by atoms with E-state index in [1.54, 1.807) is 36.4 Å². The van der Waals surface area contributed by atoms with Crippen LogP contribution in [0.1, 0.15) is 22.8 Å². The van der Waals surface area contributed by atoms with Gasteiger partial charge in [-0.3, -0.25) is 24.3 Å². The third-order valence-corrected chi connectivity index (χ3v) is 4.43. The molecule has 0 aromatic heterocycles. The Morgan fingerprint density at radius 1 is 1.11 bits per heavy atom. The molecule has 1 aliphatic heterocycles.